The molecule has 0 bridgehead atoms. The number of ether oxygens (including phenoxy) is 1. The van der Waals surface area contributed by atoms with Crippen molar-refractivity contribution in [2.24, 2.45) is 5.92 Å². The Labute approximate surface area is 197 Å². The van der Waals surface area contributed by atoms with Crippen molar-refractivity contribution >= 4 is 28.9 Å². The number of rotatable bonds is 6. The van der Waals surface area contributed by atoms with Crippen molar-refractivity contribution < 1.29 is 19.4 Å². The van der Waals surface area contributed by atoms with Gasteiger partial charge in [-0.05, 0) is 48.7 Å². The Bertz CT molecular complexity index is 1350. The van der Waals surface area contributed by atoms with E-state index in [0.717, 1.165) is 16.6 Å². The van der Waals surface area contributed by atoms with E-state index in [1.807, 2.05) is 65.2 Å². The number of imidazole rings is 1. The van der Waals surface area contributed by atoms with Gasteiger partial charge in [0.05, 0.1) is 23.7 Å². The van der Waals surface area contributed by atoms with Crippen molar-refractivity contribution in [1.29, 1.82) is 0 Å². The Morgan fingerprint density at radius 1 is 1.03 bits per heavy atom. The van der Waals surface area contributed by atoms with Gasteiger partial charge >= 0.3 is 5.97 Å². The third kappa shape index (κ3) is 3.79. The number of aromatic hydroxyl groups is 1. The van der Waals surface area contributed by atoms with Gasteiger partial charge < -0.3 is 14.4 Å². The summed E-state index contributed by atoms with van der Waals surface area (Å²) in [6, 6.07) is 23.5. The molecule has 34 heavy (non-hydrogen) atoms. The summed E-state index contributed by atoms with van der Waals surface area (Å²) in [5.41, 5.74) is 3.25. The first-order valence-corrected chi connectivity index (χ1v) is 11.4. The molecule has 4 aromatic rings. The van der Waals surface area contributed by atoms with E-state index in [0.29, 0.717) is 24.5 Å². The highest BCUT2D eigenvalue weighted by atomic mass is 16.5. The molecule has 2 heterocycles. The first-order valence-electron chi connectivity index (χ1n) is 11.4. The third-order valence-electron chi connectivity index (χ3n) is 6.16. The number of phenols is 1. The van der Waals surface area contributed by atoms with Gasteiger partial charge in [-0.25, -0.2) is 4.98 Å². The minimum absolute atomic E-state index is 0.0602. The number of para-hydroxylation sites is 2. The van der Waals surface area contributed by atoms with Crippen molar-refractivity contribution in [1.82, 2.24) is 9.55 Å². The molecule has 0 saturated heterocycles. The summed E-state index contributed by atoms with van der Waals surface area (Å²) in [4.78, 5) is 33.5. The molecule has 0 unspecified atom stereocenters. The van der Waals surface area contributed by atoms with E-state index >= 15 is 0 Å². The number of carbonyl (C=O) groups excluding carboxylic acids is 2. The number of carbonyl (C=O) groups is 2. The molecule has 1 aromatic heterocycles. The number of aromatic nitrogens is 2. The van der Waals surface area contributed by atoms with Gasteiger partial charge in [0.2, 0.25) is 11.9 Å². The van der Waals surface area contributed by atoms with E-state index in [1.165, 1.54) is 0 Å². The third-order valence-corrected chi connectivity index (χ3v) is 6.16. The van der Waals surface area contributed by atoms with Gasteiger partial charge in [-0.2, -0.15) is 0 Å². The largest absolute Gasteiger partial charge is 0.508 e. The number of nitrogens with zero attached hydrogens (tertiary/aromatic N) is 3. The molecule has 0 fully saturated rings. The van der Waals surface area contributed by atoms with E-state index in [-0.39, 0.29) is 18.3 Å². The van der Waals surface area contributed by atoms with Crippen molar-refractivity contribution in [3.63, 3.8) is 0 Å². The minimum Gasteiger partial charge on any atom is -0.508 e. The van der Waals surface area contributed by atoms with Crippen LogP contribution in [0.4, 0.5) is 5.95 Å². The zero-order valence-electron chi connectivity index (χ0n) is 18.8. The Morgan fingerprint density at radius 3 is 2.56 bits per heavy atom. The monoisotopic (exact) mass is 455 g/mol. The Kier molecular flexibility index (Phi) is 5.76. The lowest BCUT2D eigenvalue weighted by Gasteiger charge is -2.38. The van der Waals surface area contributed by atoms with Gasteiger partial charge in [-0.1, -0.05) is 54.6 Å². The summed E-state index contributed by atoms with van der Waals surface area (Å²) in [5.74, 6) is -1.51. The maximum Gasteiger partial charge on any atom is 0.321 e. The van der Waals surface area contributed by atoms with Gasteiger partial charge in [-0.3, -0.25) is 14.5 Å². The topological polar surface area (TPSA) is 84.7 Å². The fourth-order valence-corrected chi connectivity index (χ4v) is 4.65. The molecular weight excluding hydrogens is 430 g/mol. The van der Waals surface area contributed by atoms with Gasteiger partial charge in [-0.15, -0.1) is 0 Å². The van der Waals surface area contributed by atoms with Crippen molar-refractivity contribution in [2.75, 3.05) is 18.1 Å². The molecule has 1 aliphatic rings. The number of esters is 1. The summed E-state index contributed by atoms with van der Waals surface area (Å²) in [6.45, 7) is 2.26. The summed E-state index contributed by atoms with van der Waals surface area (Å²) in [7, 11) is 0. The van der Waals surface area contributed by atoms with Crippen LogP contribution in [0.3, 0.4) is 0 Å². The van der Waals surface area contributed by atoms with Crippen molar-refractivity contribution in [3.8, 4) is 5.75 Å². The van der Waals surface area contributed by atoms with Gasteiger partial charge in [0.15, 0.2) is 5.92 Å². The molecule has 2 atom stereocenters. The number of anilines is 1. The van der Waals surface area contributed by atoms with E-state index in [1.54, 1.807) is 30.0 Å². The number of phenolic OH excluding ortho intramolecular Hbond substituents is 1. The van der Waals surface area contributed by atoms with Crippen molar-refractivity contribution in [2.45, 2.75) is 19.4 Å². The van der Waals surface area contributed by atoms with Crippen LogP contribution in [0.15, 0.2) is 78.9 Å². The highest BCUT2D eigenvalue weighted by Crippen LogP contribution is 2.41. The Hall–Kier alpha value is -4.13. The SMILES string of the molecule is CCOC(=O)[C@H]1C(=O)N(CCc2ccccc2)c2nc3ccccc3n2[C@H]1c1cccc(O)c1. The highest BCUT2D eigenvalue weighted by molar-refractivity contribution is 6.08. The zero-order valence-corrected chi connectivity index (χ0v) is 18.8. The molecule has 5 rings (SSSR count). The molecule has 0 aliphatic carbocycles. The van der Waals surface area contributed by atoms with Crippen LogP contribution in [0.5, 0.6) is 5.75 Å². The standard InChI is InChI=1S/C27H25N3O4/c1-2-34-26(33)23-24(19-11-8-12-20(31)17-19)30-22-14-7-6-13-21(22)28-27(30)29(25(23)32)16-15-18-9-4-3-5-10-18/h3-14,17,23-24,31H,2,15-16H2,1H3/t23-,24+/m1/s1. The minimum atomic E-state index is -1.11. The van der Waals surface area contributed by atoms with Gasteiger partial charge in [0.25, 0.3) is 0 Å². The second-order valence-electron chi connectivity index (χ2n) is 8.27. The van der Waals surface area contributed by atoms with E-state index in [9.17, 15) is 14.7 Å². The van der Waals surface area contributed by atoms with Crippen LogP contribution in [0, 0.1) is 5.92 Å². The lowest BCUT2D eigenvalue weighted by Crippen LogP contribution is -2.50. The smallest absolute Gasteiger partial charge is 0.321 e. The summed E-state index contributed by atoms with van der Waals surface area (Å²) >= 11 is 0. The Balaban J connectivity index is 1.69. The fourth-order valence-electron chi connectivity index (χ4n) is 4.65. The van der Waals surface area contributed by atoms with Crippen molar-refractivity contribution in [3.05, 3.63) is 90.0 Å². The summed E-state index contributed by atoms with van der Waals surface area (Å²) in [6.07, 6.45) is 0.613. The lowest BCUT2D eigenvalue weighted by atomic mass is 9.89. The molecule has 1 aliphatic heterocycles. The lowest BCUT2D eigenvalue weighted by molar-refractivity contribution is -0.153. The maximum atomic E-state index is 13.9. The molecule has 0 saturated carbocycles. The maximum absolute atomic E-state index is 13.9. The molecular formula is C27H25N3O4. The van der Waals surface area contributed by atoms with E-state index in [2.05, 4.69) is 0 Å². The molecule has 3 aromatic carbocycles. The first kappa shape index (κ1) is 21.7. The Morgan fingerprint density at radius 2 is 1.79 bits per heavy atom. The quantitative estimate of drug-likeness (QED) is 0.350. The van der Waals surface area contributed by atoms with E-state index in [4.69, 9.17) is 9.72 Å². The van der Waals surface area contributed by atoms with Gasteiger partial charge in [0, 0.05) is 6.54 Å². The molecule has 0 spiro atoms. The highest BCUT2D eigenvalue weighted by Gasteiger charge is 2.47. The average Bonchev–Trinajstić information content (AvgIpc) is 3.22. The molecule has 7 nitrogen and oxygen atoms in total. The summed E-state index contributed by atoms with van der Waals surface area (Å²) < 4.78 is 7.29. The second kappa shape index (κ2) is 9.02. The number of benzene rings is 3. The molecule has 7 heteroatoms. The molecule has 1 N–H and O–H groups in total. The predicted octanol–water partition coefficient (Wildman–Crippen LogP) is 4.10. The van der Waals surface area contributed by atoms with Crippen LogP contribution in [0.1, 0.15) is 24.1 Å². The number of amides is 1. The van der Waals surface area contributed by atoms with Crippen LogP contribution in [-0.4, -0.2) is 39.7 Å². The first-order chi connectivity index (χ1) is 16.6. The van der Waals surface area contributed by atoms with Crippen LogP contribution in [0.2, 0.25) is 0 Å². The average molecular weight is 456 g/mol. The number of hydrogen-bond donors (Lipinski definition) is 1. The summed E-state index contributed by atoms with van der Waals surface area (Å²) in [5, 5.41) is 10.2. The van der Waals surface area contributed by atoms with Crippen LogP contribution < -0.4 is 4.90 Å². The number of hydrogen-bond acceptors (Lipinski definition) is 5. The second-order valence-corrected chi connectivity index (χ2v) is 8.27. The number of fused-ring (bicyclic) bond motifs is 3. The van der Waals surface area contributed by atoms with Crippen LogP contribution in [0.25, 0.3) is 11.0 Å². The molecule has 0 radical (unpaired) electrons. The zero-order chi connectivity index (χ0) is 23.7. The predicted molar refractivity (Wildman–Crippen MR) is 129 cm³/mol. The fraction of sp³-hybridized carbons (Fsp3) is 0.222. The van der Waals surface area contributed by atoms with Crippen LogP contribution in [-0.2, 0) is 20.7 Å². The van der Waals surface area contributed by atoms with Crippen LogP contribution >= 0.6 is 0 Å². The van der Waals surface area contributed by atoms with E-state index < -0.39 is 17.9 Å². The molecule has 1 amide bonds. The molecule has 172 valence electrons. The van der Waals surface area contributed by atoms with Gasteiger partial charge in [0.1, 0.15) is 5.75 Å². The normalized spacial score (nSPS) is 17.6.